The highest BCUT2D eigenvalue weighted by atomic mass is 32.1. The lowest BCUT2D eigenvalue weighted by Crippen LogP contribution is -2.06. The van der Waals surface area contributed by atoms with Gasteiger partial charge in [0, 0.05) is 11.3 Å². The Hall–Kier alpha value is -3.20. The van der Waals surface area contributed by atoms with Crippen LogP contribution < -0.4 is 11.1 Å². The lowest BCUT2D eigenvalue weighted by Gasteiger charge is -2.13. The molecule has 0 aliphatic rings. The first-order valence-corrected chi connectivity index (χ1v) is 9.49. The monoisotopic (exact) mass is 415 g/mol. The van der Waals surface area contributed by atoms with Crippen molar-refractivity contribution >= 4 is 38.3 Å². The van der Waals surface area contributed by atoms with Gasteiger partial charge in [0.1, 0.15) is 5.52 Å². The van der Waals surface area contributed by atoms with Gasteiger partial charge in [-0.15, -0.1) is 0 Å². The molecular weight excluding hydrogens is 399 g/mol. The maximum Gasteiger partial charge on any atom is 0.416 e. The van der Waals surface area contributed by atoms with E-state index in [0.717, 1.165) is 28.8 Å². The first kappa shape index (κ1) is 19.1. The normalized spacial score (nSPS) is 11.8. The molecule has 2 aromatic heterocycles. The number of hydrogen-bond donors (Lipinski definition) is 2. The molecule has 4 aromatic rings. The Morgan fingerprint density at radius 3 is 2.34 bits per heavy atom. The van der Waals surface area contributed by atoms with Gasteiger partial charge in [0.25, 0.3) is 0 Å². The van der Waals surface area contributed by atoms with Gasteiger partial charge in [-0.2, -0.15) is 13.2 Å². The molecule has 0 aliphatic carbocycles. The molecule has 0 amide bonds. The maximum atomic E-state index is 13.1. The summed E-state index contributed by atoms with van der Waals surface area (Å²) in [6.45, 7) is 3.91. The fourth-order valence-electron chi connectivity index (χ4n) is 3.11. The number of thiazole rings is 1. The zero-order valence-electron chi connectivity index (χ0n) is 15.5. The van der Waals surface area contributed by atoms with Crippen LogP contribution in [0.15, 0.2) is 42.5 Å². The van der Waals surface area contributed by atoms with Crippen LogP contribution in [-0.4, -0.2) is 15.0 Å². The Labute approximate surface area is 168 Å². The number of alkyl halides is 3. The van der Waals surface area contributed by atoms with Crippen LogP contribution in [0.25, 0.3) is 21.7 Å². The standard InChI is InChI=1S/C20H16F3N5S/c1-10-5-3-6-11(2)14(10)16-27-17(15-18(28-16)29-19(24)26-15)25-13-8-4-7-12(9-13)20(21,22)23/h3-9H,1-2H3,(H2,24,26)(H,25,27,28). The molecule has 0 aliphatic heterocycles. The van der Waals surface area contributed by atoms with Crippen molar-refractivity contribution < 1.29 is 13.2 Å². The van der Waals surface area contributed by atoms with Gasteiger partial charge in [-0.05, 0) is 43.2 Å². The third-order valence-electron chi connectivity index (χ3n) is 4.43. The molecule has 0 atom stereocenters. The fourth-order valence-corrected chi connectivity index (χ4v) is 3.82. The Kier molecular flexibility index (Phi) is 4.62. The van der Waals surface area contributed by atoms with E-state index in [2.05, 4.69) is 20.3 Å². The van der Waals surface area contributed by atoms with Crippen molar-refractivity contribution in [3.63, 3.8) is 0 Å². The van der Waals surface area contributed by atoms with Gasteiger partial charge in [0.2, 0.25) is 0 Å². The van der Waals surface area contributed by atoms with Crippen LogP contribution in [0.2, 0.25) is 0 Å². The number of aryl methyl sites for hydroxylation is 2. The molecule has 0 saturated heterocycles. The van der Waals surface area contributed by atoms with Crippen LogP contribution in [0.1, 0.15) is 16.7 Å². The Bertz CT molecular complexity index is 1200. The third kappa shape index (κ3) is 3.73. The summed E-state index contributed by atoms with van der Waals surface area (Å²) >= 11 is 1.20. The quantitative estimate of drug-likeness (QED) is 0.448. The van der Waals surface area contributed by atoms with E-state index in [1.165, 1.54) is 23.5 Å². The minimum atomic E-state index is -4.44. The number of hydrogen-bond acceptors (Lipinski definition) is 6. The number of nitrogen functional groups attached to an aromatic ring is 1. The van der Waals surface area contributed by atoms with E-state index in [0.29, 0.717) is 27.1 Å². The Balaban J connectivity index is 1.86. The molecule has 0 unspecified atom stereocenters. The molecule has 4 rings (SSSR count). The van der Waals surface area contributed by atoms with Crippen molar-refractivity contribution in [3.8, 4) is 11.4 Å². The molecular formula is C20H16F3N5S. The first-order valence-electron chi connectivity index (χ1n) is 8.67. The molecule has 0 radical (unpaired) electrons. The summed E-state index contributed by atoms with van der Waals surface area (Å²) in [7, 11) is 0. The number of fused-ring (bicyclic) bond motifs is 1. The molecule has 5 nitrogen and oxygen atoms in total. The summed E-state index contributed by atoms with van der Waals surface area (Å²) in [6, 6.07) is 10.8. The predicted octanol–water partition coefficient (Wildman–Crippen LogP) is 5.71. The second-order valence-electron chi connectivity index (χ2n) is 6.57. The molecule has 0 bridgehead atoms. The first-order chi connectivity index (χ1) is 13.7. The topological polar surface area (TPSA) is 76.7 Å². The van der Waals surface area contributed by atoms with Gasteiger partial charge in [0.05, 0.1) is 5.56 Å². The van der Waals surface area contributed by atoms with E-state index in [4.69, 9.17) is 5.73 Å². The minimum absolute atomic E-state index is 0.249. The van der Waals surface area contributed by atoms with E-state index < -0.39 is 11.7 Å². The van der Waals surface area contributed by atoms with Crippen molar-refractivity contribution in [2.45, 2.75) is 20.0 Å². The fraction of sp³-hybridized carbons (Fsp3) is 0.150. The van der Waals surface area contributed by atoms with Crippen LogP contribution in [0.4, 0.5) is 29.8 Å². The van der Waals surface area contributed by atoms with E-state index in [9.17, 15) is 13.2 Å². The van der Waals surface area contributed by atoms with Crippen molar-refractivity contribution in [3.05, 3.63) is 59.2 Å². The molecule has 0 spiro atoms. The number of aromatic nitrogens is 3. The highest BCUT2D eigenvalue weighted by Crippen LogP contribution is 2.35. The summed E-state index contributed by atoms with van der Waals surface area (Å²) < 4.78 is 39.2. The Morgan fingerprint density at radius 2 is 1.66 bits per heavy atom. The number of nitrogens with one attached hydrogen (secondary N) is 1. The molecule has 3 N–H and O–H groups in total. The summed E-state index contributed by atoms with van der Waals surface area (Å²) in [5, 5.41) is 3.26. The number of nitrogens with two attached hydrogens (primary N) is 1. The zero-order valence-corrected chi connectivity index (χ0v) is 16.3. The number of halogens is 3. The van der Waals surface area contributed by atoms with Crippen LogP contribution >= 0.6 is 11.3 Å². The van der Waals surface area contributed by atoms with Crippen molar-refractivity contribution in [1.82, 2.24) is 15.0 Å². The van der Waals surface area contributed by atoms with Gasteiger partial charge < -0.3 is 11.1 Å². The number of anilines is 3. The van der Waals surface area contributed by atoms with Crippen molar-refractivity contribution in [2.24, 2.45) is 0 Å². The van der Waals surface area contributed by atoms with Crippen LogP contribution in [0, 0.1) is 13.8 Å². The molecule has 2 heterocycles. The largest absolute Gasteiger partial charge is 0.416 e. The average molecular weight is 415 g/mol. The molecule has 0 fully saturated rings. The van der Waals surface area contributed by atoms with Crippen LogP contribution in [-0.2, 0) is 6.18 Å². The zero-order chi connectivity index (χ0) is 20.8. The second-order valence-corrected chi connectivity index (χ2v) is 7.58. The van der Waals surface area contributed by atoms with Crippen molar-refractivity contribution in [1.29, 1.82) is 0 Å². The molecule has 9 heteroatoms. The van der Waals surface area contributed by atoms with E-state index in [1.807, 2.05) is 32.0 Å². The Morgan fingerprint density at radius 1 is 0.966 bits per heavy atom. The van der Waals surface area contributed by atoms with Gasteiger partial charge >= 0.3 is 6.18 Å². The van der Waals surface area contributed by atoms with Crippen LogP contribution in [0.5, 0.6) is 0 Å². The second kappa shape index (κ2) is 7.00. The third-order valence-corrected chi connectivity index (χ3v) is 5.21. The summed E-state index contributed by atoms with van der Waals surface area (Å²) in [5.74, 6) is 0.770. The summed E-state index contributed by atoms with van der Waals surface area (Å²) in [6.07, 6.45) is -4.44. The van der Waals surface area contributed by atoms with Crippen molar-refractivity contribution in [2.75, 3.05) is 11.1 Å². The van der Waals surface area contributed by atoms with E-state index >= 15 is 0 Å². The maximum absolute atomic E-state index is 13.1. The number of benzene rings is 2. The molecule has 2 aromatic carbocycles. The molecule has 29 heavy (non-hydrogen) atoms. The number of rotatable bonds is 3. The predicted molar refractivity (Wildman–Crippen MR) is 109 cm³/mol. The highest BCUT2D eigenvalue weighted by molar-refractivity contribution is 7.21. The lowest BCUT2D eigenvalue weighted by molar-refractivity contribution is -0.137. The molecule has 0 saturated carbocycles. The van der Waals surface area contributed by atoms with Gasteiger partial charge in [0.15, 0.2) is 21.6 Å². The van der Waals surface area contributed by atoms with Crippen LogP contribution in [0.3, 0.4) is 0 Å². The van der Waals surface area contributed by atoms with Gasteiger partial charge in [-0.25, -0.2) is 15.0 Å². The SMILES string of the molecule is Cc1cccc(C)c1-c1nc(Nc2cccc(C(F)(F)F)c2)c2nc(N)sc2n1. The summed E-state index contributed by atoms with van der Waals surface area (Å²) in [4.78, 5) is 14.0. The average Bonchev–Trinajstić information content (AvgIpc) is 3.02. The lowest BCUT2D eigenvalue weighted by atomic mass is 10.0. The van der Waals surface area contributed by atoms with E-state index in [1.54, 1.807) is 0 Å². The summed E-state index contributed by atoms with van der Waals surface area (Å²) in [5.41, 5.74) is 8.62. The molecule has 148 valence electrons. The highest BCUT2D eigenvalue weighted by Gasteiger charge is 2.30. The minimum Gasteiger partial charge on any atom is -0.375 e. The smallest absolute Gasteiger partial charge is 0.375 e. The van der Waals surface area contributed by atoms with E-state index in [-0.39, 0.29) is 5.69 Å². The number of nitrogens with zero attached hydrogens (tertiary/aromatic N) is 3. The van der Waals surface area contributed by atoms with Gasteiger partial charge in [-0.3, -0.25) is 0 Å². The van der Waals surface area contributed by atoms with Gasteiger partial charge in [-0.1, -0.05) is 35.6 Å².